The van der Waals surface area contributed by atoms with Gasteiger partial charge in [0.15, 0.2) is 0 Å². The van der Waals surface area contributed by atoms with Crippen LogP contribution in [0.15, 0.2) is 188 Å². The molecule has 0 fully saturated rings. The van der Waals surface area contributed by atoms with Crippen LogP contribution in [-0.4, -0.2) is 30.1 Å². The van der Waals surface area contributed by atoms with E-state index in [9.17, 15) is 0 Å². The molecule has 0 saturated carbocycles. The molecule has 0 saturated heterocycles. The fourth-order valence-electron chi connectivity index (χ4n) is 9.84. The minimum Gasteiger partial charge on any atom is -0.509 e. The van der Waals surface area contributed by atoms with Crippen molar-refractivity contribution in [3.05, 3.63) is 244 Å². The van der Waals surface area contributed by atoms with Gasteiger partial charge >= 0.3 is 0 Å². The van der Waals surface area contributed by atoms with Crippen LogP contribution in [0.4, 0.5) is 51.2 Å². The van der Waals surface area contributed by atoms with Crippen molar-refractivity contribution in [2.24, 2.45) is 0 Å². The first kappa shape index (κ1) is 52.9. The summed E-state index contributed by atoms with van der Waals surface area (Å²) in [6.07, 6.45) is 2.20. The zero-order valence-corrected chi connectivity index (χ0v) is 47.8. The zero-order chi connectivity index (χ0) is 50.9. The second-order valence-electron chi connectivity index (χ2n) is 19.8. The van der Waals surface area contributed by atoms with Crippen molar-refractivity contribution < 1.29 is 45.9 Å². The first-order chi connectivity index (χ1) is 36.7. The molecule has 9 nitrogen and oxygen atoms in total. The molecular weight excluding hydrogens is 1310 g/mol. The predicted molar refractivity (Wildman–Crippen MR) is 306 cm³/mol. The number of pyridine rings is 2. The molecule has 11 heteroatoms. The van der Waals surface area contributed by atoms with Crippen LogP contribution in [0.3, 0.4) is 0 Å². The molecule has 0 bridgehead atoms. The number of hydrogen-bond acceptors (Lipinski definition) is 9. The van der Waals surface area contributed by atoms with Crippen LogP contribution in [0.1, 0.15) is 39.2 Å². The largest absolute Gasteiger partial charge is 0.509 e. The van der Waals surface area contributed by atoms with Crippen LogP contribution in [-0.2, 0) is 46.6 Å². The third-order valence-electron chi connectivity index (χ3n) is 13.7. The van der Waals surface area contributed by atoms with Gasteiger partial charge < -0.3 is 44.1 Å². The monoisotopic (exact) mass is 1360 g/mol. The number of ether oxygens (including phenoxy) is 1. The van der Waals surface area contributed by atoms with Gasteiger partial charge in [-0.05, 0) is 92.4 Å². The van der Waals surface area contributed by atoms with Gasteiger partial charge in [-0.15, -0.1) is 64.3 Å². The number of aromatic nitrogens is 2. The Balaban J connectivity index is 0.000000173. The van der Waals surface area contributed by atoms with Crippen LogP contribution in [0, 0.1) is 50.3 Å². The average molecular weight is 1360 g/mol. The van der Waals surface area contributed by atoms with Crippen molar-refractivity contribution in [2.45, 2.75) is 39.0 Å². The summed E-state index contributed by atoms with van der Waals surface area (Å²) < 4.78 is 6.65. The van der Waals surface area contributed by atoms with Gasteiger partial charge in [0.1, 0.15) is 0 Å². The molecule has 1 radical (unpaired) electrons. The maximum atomic E-state index is 6.65. The number of rotatable bonds is 11. The summed E-state index contributed by atoms with van der Waals surface area (Å²) in [5.74, 6) is 1.19. The average Bonchev–Trinajstić information content (AvgIpc) is 4.17. The Morgan fingerprint density at radius 1 is 0.506 bits per heavy atom. The van der Waals surface area contributed by atoms with Crippen LogP contribution >= 0.6 is 0 Å². The molecule has 0 amide bonds. The summed E-state index contributed by atoms with van der Waals surface area (Å²) in [5.41, 5.74) is 14.1. The maximum absolute atomic E-state index is 6.65. The number of anilines is 9. The Bertz CT molecular complexity index is 3550. The number of para-hydroxylation sites is 10. The quantitative estimate of drug-likeness (QED) is 0.0931. The molecule has 0 atom stereocenters. The third kappa shape index (κ3) is 11.1. The number of hydrogen-bond donors (Lipinski definition) is 0. The molecular formula is C66H54IrN8OPt-8. The van der Waals surface area contributed by atoms with Gasteiger partial charge in [0.2, 0.25) is 0 Å². The number of nitrogens with zero attached hydrogens (tertiary/aromatic N) is 8. The molecule has 0 aliphatic carbocycles. The van der Waals surface area contributed by atoms with E-state index in [2.05, 4.69) is 217 Å². The molecule has 0 spiro atoms. The van der Waals surface area contributed by atoms with Gasteiger partial charge in [0.25, 0.3) is 0 Å². The van der Waals surface area contributed by atoms with Gasteiger partial charge in [0.05, 0.1) is 0 Å². The minimum atomic E-state index is -0.105. The van der Waals surface area contributed by atoms with E-state index in [-0.39, 0.29) is 46.6 Å². The SMILES string of the molecule is CN1[CH-]N(c2[c-]c(Oc3[c-]c(-c4[c-]cc5ccccc5n4)nc4ccccc34)cc(C(C)(C)C)c2)c2ccccc21.[Ir].[Pt].[c-]1ccccc1N1[CH-]N(CCCCN2[CH-]N(c3[c-]cccc3)c3ccccc32)c2ccccc21. The van der Waals surface area contributed by atoms with E-state index in [1.165, 1.54) is 22.7 Å². The van der Waals surface area contributed by atoms with Crippen molar-refractivity contribution in [1.82, 2.24) is 9.97 Å². The number of benzene rings is 8. The molecule has 0 N–H and O–H groups in total. The molecule has 3 aliphatic heterocycles. The Morgan fingerprint density at radius 2 is 1.01 bits per heavy atom. The van der Waals surface area contributed by atoms with Gasteiger partial charge in [-0.2, -0.15) is 92.8 Å². The van der Waals surface area contributed by atoms with E-state index in [1.54, 1.807) is 0 Å². The van der Waals surface area contributed by atoms with E-state index >= 15 is 0 Å². The molecule has 2 aromatic heterocycles. The molecule has 3 aliphatic rings. The molecule has 77 heavy (non-hydrogen) atoms. The van der Waals surface area contributed by atoms with Crippen molar-refractivity contribution in [1.29, 1.82) is 0 Å². The molecule has 391 valence electrons. The summed E-state index contributed by atoms with van der Waals surface area (Å²) in [4.78, 5) is 23.1. The van der Waals surface area contributed by atoms with Gasteiger partial charge in [0, 0.05) is 92.3 Å². The van der Waals surface area contributed by atoms with Crippen molar-refractivity contribution in [3.63, 3.8) is 0 Å². The molecule has 10 aromatic rings. The Morgan fingerprint density at radius 3 is 1.61 bits per heavy atom. The fourth-order valence-corrected chi connectivity index (χ4v) is 9.84. The van der Waals surface area contributed by atoms with Crippen molar-refractivity contribution in [2.75, 3.05) is 49.5 Å². The van der Waals surface area contributed by atoms with E-state index in [4.69, 9.17) is 14.7 Å². The summed E-state index contributed by atoms with van der Waals surface area (Å²) >= 11 is 0. The van der Waals surface area contributed by atoms with Gasteiger partial charge in [-0.3, -0.25) is 0 Å². The minimum absolute atomic E-state index is 0. The molecule has 8 aromatic carbocycles. The smallest absolute Gasteiger partial charge is 0.0326 e. The standard InChI is InChI=1S/C36H28N4O.C30H26N4.Ir.Pt/c1-36(2,3)25-19-26(40-23-39(4)33-15-9-10-16-34(33)40)21-27(20-25)41-35-22-32(38-30-14-8-6-12-28(30)35)31-18-17-24-11-5-7-13-29(24)37-31;1-3-13-25(14-4-1)33-23-31(27-17-7-9-19-29(27)33)21-11-12-22-32-24-34(26-15-5-2-6-16-26)30-20-10-8-18-28(30)32;;/h5-17,19-20,23H,1-4H3;1-10,13,15,17-20,23-24H,11-12,21-22H2;;/q2*-4;;. The summed E-state index contributed by atoms with van der Waals surface area (Å²) in [6, 6.07) is 80.9. The van der Waals surface area contributed by atoms with Crippen molar-refractivity contribution in [3.8, 4) is 22.9 Å². The second kappa shape index (κ2) is 23.0. The first-order valence-corrected chi connectivity index (χ1v) is 25.5. The third-order valence-corrected chi connectivity index (χ3v) is 13.7. The normalized spacial score (nSPS) is 13.4. The summed E-state index contributed by atoms with van der Waals surface area (Å²) in [6.45, 7) is 15.1. The van der Waals surface area contributed by atoms with E-state index in [0.29, 0.717) is 22.9 Å². The number of unbranched alkanes of at least 4 members (excludes halogenated alkanes) is 1. The fraction of sp³-hybridized carbons (Fsp3) is 0.136. The number of fused-ring (bicyclic) bond motifs is 5. The Labute approximate surface area is 481 Å². The van der Waals surface area contributed by atoms with Gasteiger partial charge in [-0.1, -0.05) is 92.2 Å². The van der Waals surface area contributed by atoms with E-state index in [0.717, 1.165) is 81.7 Å². The van der Waals surface area contributed by atoms with Crippen LogP contribution in [0.5, 0.6) is 11.5 Å². The topological polar surface area (TPSA) is 54.5 Å². The summed E-state index contributed by atoms with van der Waals surface area (Å²) in [5, 5.41) is 1.89. The Kier molecular flexibility index (Phi) is 15.8. The van der Waals surface area contributed by atoms with Crippen molar-refractivity contribution >= 4 is 73.0 Å². The molecule has 5 heterocycles. The Hall–Kier alpha value is -7.48. The zero-order valence-electron chi connectivity index (χ0n) is 43.1. The molecule has 0 unspecified atom stereocenters. The van der Waals surface area contributed by atoms with Crippen LogP contribution in [0.25, 0.3) is 33.2 Å². The van der Waals surface area contributed by atoms with E-state index in [1.807, 2.05) is 78.9 Å². The predicted octanol–water partition coefficient (Wildman–Crippen LogP) is 15.6. The van der Waals surface area contributed by atoms with E-state index < -0.39 is 0 Å². The second-order valence-corrected chi connectivity index (χ2v) is 19.8. The first-order valence-electron chi connectivity index (χ1n) is 25.5. The van der Waals surface area contributed by atoms with Crippen LogP contribution < -0.4 is 34.1 Å². The summed E-state index contributed by atoms with van der Waals surface area (Å²) in [7, 11) is 2.06. The van der Waals surface area contributed by atoms with Gasteiger partial charge in [-0.25, -0.2) is 6.07 Å². The molecule has 13 rings (SSSR count). The maximum Gasteiger partial charge on any atom is 0.0326 e. The van der Waals surface area contributed by atoms with Crippen LogP contribution in [0.2, 0.25) is 0 Å².